The normalized spacial score (nSPS) is 28.7. The highest BCUT2D eigenvalue weighted by Crippen LogP contribution is 2.23. The van der Waals surface area contributed by atoms with E-state index in [0.717, 1.165) is 12.5 Å². The fourth-order valence-corrected chi connectivity index (χ4v) is 2.36. The molecule has 1 saturated heterocycles. The molecule has 1 fully saturated rings. The Kier molecular flexibility index (Phi) is 3.59. The van der Waals surface area contributed by atoms with Crippen molar-refractivity contribution in [3.05, 3.63) is 0 Å². The van der Waals surface area contributed by atoms with E-state index in [9.17, 15) is 0 Å². The number of nitrogens with one attached hydrogen (secondary N) is 1. The van der Waals surface area contributed by atoms with Gasteiger partial charge < -0.3 is 5.32 Å². The summed E-state index contributed by atoms with van der Waals surface area (Å²) in [4.78, 5) is 2.62. The van der Waals surface area contributed by atoms with Crippen LogP contribution in [0.5, 0.6) is 0 Å². The van der Waals surface area contributed by atoms with Crippen molar-refractivity contribution in [2.45, 2.75) is 59.2 Å². The maximum atomic E-state index is 3.65. The molecule has 1 unspecified atom stereocenters. The van der Waals surface area contributed by atoms with Crippen molar-refractivity contribution in [1.29, 1.82) is 0 Å². The Bertz CT molecular complexity index is 185. The van der Waals surface area contributed by atoms with E-state index >= 15 is 0 Å². The molecule has 0 radical (unpaired) electrons. The molecule has 0 aromatic heterocycles. The standard InChI is InChI=1S/C12H26N2/c1-9(2)11-7-14(10(3)4)12(5,6)8-13-11/h9-11,13H,7-8H2,1-6H3. The summed E-state index contributed by atoms with van der Waals surface area (Å²) in [5.41, 5.74) is 0.305. The van der Waals surface area contributed by atoms with Crippen molar-refractivity contribution in [2.75, 3.05) is 13.1 Å². The highest BCUT2D eigenvalue weighted by Gasteiger charge is 2.35. The molecule has 0 aromatic rings. The predicted molar refractivity (Wildman–Crippen MR) is 62.5 cm³/mol. The number of hydrogen-bond acceptors (Lipinski definition) is 2. The molecule has 0 amide bonds. The summed E-state index contributed by atoms with van der Waals surface area (Å²) in [5.74, 6) is 0.729. The lowest BCUT2D eigenvalue weighted by atomic mass is 9.91. The van der Waals surface area contributed by atoms with Gasteiger partial charge in [-0.25, -0.2) is 0 Å². The Hall–Kier alpha value is -0.0800. The molecule has 1 N–H and O–H groups in total. The minimum absolute atomic E-state index is 0.305. The minimum Gasteiger partial charge on any atom is -0.311 e. The molecular formula is C12H26N2. The van der Waals surface area contributed by atoms with Gasteiger partial charge in [0.05, 0.1) is 0 Å². The Labute approximate surface area is 89.1 Å². The van der Waals surface area contributed by atoms with Crippen molar-refractivity contribution >= 4 is 0 Å². The van der Waals surface area contributed by atoms with Crippen LogP contribution in [0.3, 0.4) is 0 Å². The molecule has 0 saturated carbocycles. The van der Waals surface area contributed by atoms with Gasteiger partial charge in [0.2, 0.25) is 0 Å². The fourth-order valence-electron chi connectivity index (χ4n) is 2.36. The lowest BCUT2D eigenvalue weighted by molar-refractivity contribution is 0.0281. The number of piperazine rings is 1. The van der Waals surface area contributed by atoms with Crippen LogP contribution in [-0.2, 0) is 0 Å². The lowest BCUT2D eigenvalue weighted by Gasteiger charge is -2.49. The van der Waals surface area contributed by atoms with Crippen molar-refractivity contribution < 1.29 is 0 Å². The quantitative estimate of drug-likeness (QED) is 0.731. The Morgan fingerprint density at radius 2 is 1.79 bits per heavy atom. The third kappa shape index (κ3) is 2.48. The van der Waals surface area contributed by atoms with Gasteiger partial charge in [0.25, 0.3) is 0 Å². The molecule has 2 nitrogen and oxygen atoms in total. The van der Waals surface area contributed by atoms with Crippen LogP contribution in [0.25, 0.3) is 0 Å². The van der Waals surface area contributed by atoms with Gasteiger partial charge in [-0.1, -0.05) is 13.8 Å². The second-order valence-corrected chi connectivity index (χ2v) is 5.79. The Morgan fingerprint density at radius 3 is 2.21 bits per heavy atom. The van der Waals surface area contributed by atoms with Crippen LogP contribution >= 0.6 is 0 Å². The molecule has 1 rings (SSSR count). The van der Waals surface area contributed by atoms with Crippen molar-refractivity contribution in [2.24, 2.45) is 5.92 Å². The molecule has 1 atom stereocenters. The Balaban J connectivity index is 2.68. The van der Waals surface area contributed by atoms with Gasteiger partial charge in [0.1, 0.15) is 0 Å². The first-order valence-electron chi connectivity index (χ1n) is 5.84. The summed E-state index contributed by atoms with van der Waals surface area (Å²) in [6.07, 6.45) is 0. The Morgan fingerprint density at radius 1 is 1.21 bits per heavy atom. The van der Waals surface area contributed by atoms with E-state index in [-0.39, 0.29) is 0 Å². The summed E-state index contributed by atoms with van der Waals surface area (Å²) in [6, 6.07) is 1.30. The van der Waals surface area contributed by atoms with Crippen LogP contribution in [0.15, 0.2) is 0 Å². The zero-order valence-corrected chi connectivity index (χ0v) is 10.6. The molecule has 0 aromatic carbocycles. The van der Waals surface area contributed by atoms with Gasteiger partial charge in [-0.15, -0.1) is 0 Å². The topological polar surface area (TPSA) is 15.3 Å². The van der Waals surface area contributed by atoms with Crippen LogP contribution in [0, 0.1) is 5.92 Å². The van der Waals surface area contributed by atoms with Crippen LogP contribution in [-0.4, -0.2) is 35.6 Å². The SMILES string of the molecule is CC(C)C1CN(C(C)C)C(C)(C)CN1. The van der Waals surface area contributed by atoms with Crippen LogP contribution in [0.1, 0.15) is 41.5 Å². The zero-order valence-electron chi connectivity index (χ0n) is 10.6. The molecule has 0 aliphatic carbocycles. The number of rotatable bonds is 2. The summed E-state index contributed by atoms with van der Waals surface area (Å²) >= 11 is 0. The first kappa shape index (κ1) is 12.0. The molecule has 0 bridgehead atoms. The maximum Gasteiger partial charge on any atom is 0.0281 e. The monoisotopic (exact) mass is 198 g/mol. The van der Waals surface area contributed by atoms with Gasteiger partial charge in [-0.3, -0.25) is 4.90 Å². The largest absolute Gasteiger partial charge is 0.311 e. The molecule has 14 heavy (non-hydrogen) atoms. The van der Waals surface area contributed by atoms with Gasteiger partial charge >= 0.3 is 0 Å². The summed E-state index contributed by atoms with van der Waals surface area (Å²) in [6.45, 7) is 16.1. The van der Waals surface area contributed by atoms with Crippen LogP contribution < -0.4 is 5.32 Å². The van der Waals surface area contributed by atoms with E-state index < -0.39 is 0 Å². The van der Waals surface area contributed by atoms with E-state index in [0.29, 0.717) is 17.6 Å². The smallest absolute Gasteiger partial charge is 0.0281 e. The molecule has 2 heteroatoms. The molecule has 1 heterocycles. The second-order valence-electron chi connectivity index (χ2n) is 5.79. The van der Waals surface area contributed by atoms with Crippen molar-refractivity contribution in [1.82, 2.24) is 10.2 Å². The van der Waals surface area contributed by atoms with Gasteiger partial charge in [-0.05, 0) is 33.6 Å². The van der Waals surface area contributed by atoms with E-state index in [2.05, 4.69) is 51.8 Å². The third-order valence-corrected chi connectivity index (χ3v) is 3.40. The minimum atomic E-state index is 0.305. The molecule has 1 aliphatic heterocycles. The van der Waals surface area contributed by atoms with E-state index in [1.807, 2.05) is 0 Å². The fraction of sp³-hybridized carbons (Fsp3) is 1.00. The molecule has 0 spiro atoms. The predicted octanol–water partition coefficient (Wildman–Crippen LogP) is 2.10. The van der Waals surface area contributed by atoms with Crippen LogP contribution in [0.2, 0.25) is 0 Å². The number of hydrogen-bond donors (Lipinski definition) is 1. The molecule has 84 valence electrons. The summed E-state index contributed by atoms with van der Waals surface area (Å²) in [5, 5.41) is 3.65. The first-order chi connectivity index (χ1) is 6.34. The lowest BCUT2D eigenvalue weighted by Crippen LogP contribution is -2.64. The van der Waals surface area contributed by atoms with Gasteiger partial charge in [0.15, 0.2) is 0 Å². The van der Waals surface area contributed by atoms with Crippen molar-refractivity contribution in [3.8, 4) is 0 Å². The van der Waals surface area contributed by atoms with E-state index in [1.165, 1.54) is 6.54 Å². The zero-order chi connectivity index (χ0) is 10.9. The molecule has 1 aliphatic rings. The summed E-state index contributed by atoms with van der Waals surface area (Å²) < 4.78 is 0. The first-order valence-corrected chi connectivity index (χ1v) is 5.84. The highest BCUT2D eigenvalue weighted by atomic mass is 15.3. The second kappa shape index (κ2) is 4.19. The summed E-state index contributed by atoms with van der Waals surface area (Å²) in [7, 11) is 0. The third-order valence-electron chi connectivity index (χ3n) is 3.40. The average molecular weight is 198 g/mol. The van der Waals surface area contributed by atoms with Crippen LogP contribution in [0.4, 0.5) is 0 Å². The number of nitrogens with zero attached hydrogens (tertiary/aromatic N) is 1. The molecular weight excluding hydrogens is 172 g/mol. The van der Waals surface area contributed by atoms with E-state index in [4.69, 9.17) is 0 Å². The highest BCUT2D eigenvalue weighted by molar-refractivity contribution is 4.94. The van der Waals surface area contributed by atoms with Gasteiger partial charge in [-0.2, -0.15) is 0 Å². The van der Waals surface area contributed by atoms with E-state index in [1.54, 1.807) is 0 Å². The average Bonchev–Trinajstić information content (AvgIpc) is 2.02. The van der Waals surface area contributed by atoms with Gasteiger partial charge in [0, 0.05) is 30.7 Å². The van der Waals surface area contributed by atoms with Crippen molar-refractivity contribution in [3.63, 3.8) is 0 Å². The maximum absolute atomic E-state index is 3.65.